The molecule has 0 spiro atoms. The number of piperazine rings is 1. The van der Waals surface area contributed by atoms with Gasteiger partial charge in [0, 0.05) is 50.4 Å². The molecule has 7 nitrogen and oxygen atoms in total. The Bertz CT molecular complexity index is 647. The Kier molecular flexibility index (Phi) is 5.42. The molecule has 2 N–H and O–H groups in total. The summed E-state index contributed by atoms with van der Waals surface area (Å²) in [5.74, 6) is 1.05. The van der Waals surface area contributed by atoms with Gasteiger partial charge in [0.25, 0.3) is 0 Å². The van der Waals surface area contributed by atoms with Crippen LogP contribution in [0.3, 0.4) is 0 Å². The molecule has 0 bridgehead atoms. The van der Waals surface area contributed by atoms with Crippen molar-refractivity contribution in [1.29, 1.82) is 0 Å². The molecule has 25 heavy (non-hydrogen) atoms. The lowest BCUT2D eigenvalue weighted by molar-refractivity contribution is -0.132. The fourth-order valence-corrected chi connectivity index (χ4v) is 4.68. The van der Waals surface area contributed by atoms with Crippen LogP contribution in [-0.2, 0) is 9.59 Å². The molecule has 3 rings (SSSR count). The van der Waals surface area contributed by atoms with Crippen LogP contribution in [0.1, 0.15) is 27.2 Å². The topological polar surface area (TPSA) is 77.0 Å². The number of hydrogen-bond donors (Lipinski definition) is 2. The number of carbonyl (C=O) groups excluding carboxylic acids is 2. The summed E-state index contributed by atoms with van der Waals surface area (Å²) >= 11 is 0. The minimum absolute atomic E-state index is 0.0223. The minimum Gasteiger partial charge on any atom is -0.367 e. The smallest absolute Gasteiger partial charge is 0.249 e. The molecule has 3 heterocycles. The van der Waals surface area contributed by atoms with Gasteiger partial charge >= 0.3 is 0 Å². The molecule has 0 aromatic carbocycles. The Balaban J connectivity index is 1.63. The fourth-order valence-electron chi connectivity index (χ4n) is 3.17. The van der Waals surface area contributed by atoms with Crippen molar-refractivity contribution in [3.05, 3.63) is 23.4 Å². The van der Waals surface area contributed by atoms with Gasteiger partial charge in [-0.25, -0.2) is 4.99 Å². The lowest BCUT2D eigenvalue weighted by Crippen LogP contribution is -2.48. The quantitative estimate of drug-likeness (QED) is 0.725. The third kappa shape index (κ3) is 3.87. The van der Waals surface area contributed by atoms with Crippen molar-refractivity contribution in [3.8, 4) is 0 Å². The van der Waals surface area contributed by atoms with E-state index in [9.17, 15) is 9.59 Å². The predicted molar refractivity (Wildman–Crippen MR) is 101 cm³/mol. The highest BCUT2D eigenvalue weighted by Gasteiger charge is 2.35. The van der Waals surface area contributed by atoms with E-state index in [2.05, 4.69) is 20.5 Å². The zero-order chi connectivity index (χ0) is 18.0. The zero-order valence-electron chi connectivity index (χ0n) is 15.0. The number of hydrogen-bond acceptors (Lipinski definition) is 5. The summed E-state index contributed by atoms with van der Waals surface area (Å²) < 4.78 is 0. The van der Waals surface area contributed by atoms with Crippen molar-refractivity contribution in [1.82, 2.24) is 20.4 Å². The van der Waals surface area contributed by atoms with Gasteiger partial charge in [-0.1, -0.05) is 15.5 Å². The second kappa shape index (κ2) is 7.56. The second-order valence-corrected chi connectivity index (χ2v) is 8.08. The molecular formula is C17H26N5O2P. The highest BCUT2D eigenvalue weighted by molar-refractivity contribution is 7.45. The highest BCUT2D eigenvalue weighted by atomic mass is 31.1. The van der Waals surface area contributed by atoms with Crippen LogP contribution in [0, 0.1) is 0 Å². The largest absolute Gasteiger partial charge is 0.367 e. The van der Waals surface area contributed by atoms with E-state index in [0.29, 0.717) is 15.0 Å². The van der Waals surface area contributed by atoms with Crippen LogP contribution in [0.4, 0.5) is 0 Å². The Hall–Kier alpha value is -1.88. The summed E-state index contributed by atoms with van der Waals surface area (Å²) in [6.07, 6.45) is 4.25. The summed E-state index contributed by atoms with van der Waals surface area (Å²) in [6, 6.07) is 0.112. The standard InChI is InChI=1S/C17H26N5O2P/c1-4-13(23)21-5-7-22(8-6-21)14-10-19-16-15(25-14)12(9-18-16)17(24)20-11(2)3/h9-11,15,25H,4-8H2,1-3H3,(H,18,19)(H,20,24). The summed E-state index contributed by atoms with van der Waals surface area (Å²) in [7, 11) is 0.475. The SMILES string of the molecule is CCC(=O)N1CCN(C2=CN=C3NC=C(C(=O)NC(C)C)C3P2)CC1. The second-order valence-electron chi connectivity index (χ2n) is 6.70. The molecule has 3 aliphatic rings. The Labute approximate surface area is 150 Å². The van der Waals surface area contributed by atoms with Crippen LogP contribution >= 0.6 is 8.58 Å². The van der Waals surface area contributed by atoms with E-state index in [4.69, 9.17) is 0 Å². The maximum absolute atomic E-state index is 12.4. The first-order valence-corrected chi connectivity index (χ1v) is 9.92. The normalized spacial score (nSPS) is 23.7. The molecule has 8 heteroatoms. The van der Waals surface area contributed by atoms with E-state index in [1.807, 2.05) is 31.9 Å². The predicted octanol–water partition coefficient (Wildman–Crippen LogP) is 0.810. The van der Waals surface area contributed by atoms with E-state index in [1.54, 1.807) is 6.20 Å². The average Bonchev–Trinajstić information content (AvgIpc) is 3.04. The number of rotatable bonds is 4. The maximum Gasteiger partial charge on any atom is 0.249 e. The van der Waals surface area contributed by atoms with Crippen LogP contribution in [-0.4, -0.2) is 65.3 Å². The number of fused-ring (bicyclic) bond motifs is 1. The van der Waals surface area contributed by atoms with Crippen molar-refractivity contribution in [3.63, 3.8) is 0 Å². The monoisotopic (exact) mass is 363 g/mol. The fraction of sp³-hybridized carbons (Fsp3) is 0.588. The molecule has 0 radical (unpaired) electrons. The van der Waals surface area contributed by atoms with Crippen LogP contribution < -0.4 is 10.6 Å². The van der Waals surface area contributed by atoms with Gasteiger partial charge in [-0.2, -0.15) is 0 Å². The lowest BCUT2D eigenvalue weighted by atomic mass is 10.2. The Morgan fingerprint density at radius 1 is 1.36 bits per heavy atom. The summed E-state index contributed by atoms with van der Waals surface area (Å²) in [5, 5.41) is 6.10. The molecule has 1 fully saturated rings. The molecule has 0 aromatic heterocycles. The van der Waals surface area contributed by atoms with E-state index >= 15 is 0 Å². The van der Waals surface area contributed by atoms with Crippen molar-refractivity contribution in [2.24, 2.45) is 4.99 Å². The molecule has 136 valence electrons. The maximum atomic E-state index is 12.4. The van der Waals surface area contributed by atoms with Crippen molar-refractivity contribution in [2.75, 3.05) is 26.2 Å². The van der Waals surface area contributed by atoms with Gasteiger partial charge in [0.2, 0.25) is 11.8 Å². The molecule has 2 atom stereocenters. The summed E-state index contributed by atoms with van der Waals surface area (Å²) in [6.45, 7) is 8.98. The van der Waals surface area contributed by atoms with Gasteiger partial charge in [-0.05, 0) is 13.8 Å². The van der Waals surface area contributed by atoms with Crippen LogP contribution in [0.15, 0.2) is 28.4 Å². The number of amidine groups is 1. The van der Waals surface area contributed by atoms with Crippen molar-refractivity contribution >= 4 is 26.2 Å². The first-order chi connectivity index (χ1) is 12.0. The molecule has 0 aliphatic carbocycles. The minimum atomic E-state index is -0.0233. The molecule has 2 amide bonds. The molecule has 0 aromatic rings. The summed E-state index contributed by atoms with van der Waals surface area (Å²) in [5.41, 5.74) is 1.95. The molecular weight excluding hydrogens is 337 g/mol. The van der Waals surface area contributed by atoms with Crippen molar-refractivity contribution < 1.29 is 9.59 Å². The van der Waals surface area contributed by atoms with Gasteiger partial charge in [0.15, 0.2) is 0 Å². The van der Waals surface area contributed by atoms with E-state index in [0.717, 1.165) is 37.6 Å². The number of nitrogens with zero attached hydrogens (tertiary/aromatic N) is 3. The third-order valence-electron chi connectivity index (χ3n) is 4.54. The van der Waals surface area contributed by atoms with Crippen LogP contribution in [0.5, 0.6) is 0 Å². The number of amides is 2. The zero-order valence-corrected chi connectivity index (χ0v) is 16.0. The van der Waals surface area contributed by atoms with Crippen LogP contribution in [0.2, 0.25) is 0 Å². The summed E-state index contributed by atoms with van der Waals surface area (Å²) in [4.78, 5) is 33.0. The van der Waals surface area contributed by atoms with Gasteiger partial charge < -0.3 is 20.4 Å². The van der Waals surface area contributed by atoms with E-state index < -0.39 is 0 Å². The first kappa shape index (κ1) is 17.9. The molecule has 3 aliphatic heterocycles. The van der Waals surface area contributed by atoms with E-state index in [1.165, 1.54) is 5.44 Å². The highest BCUT2D eigenvalue weighted by Crippen LogP contribution is 2.41. The number of carbonyl (C=O) groups is 2. The van der Waals surface area contributed by atoms with E-state index in [-0.39, 0.29) is 23.5 Å². The average molecular weight is 363 g/mol. The molecule has 2 unspecified atom stereocenters. The first-order valence-electron chi connectivity index (χ1n) is 8.84. The number of nitrogens with one attached hydrogen (secondary N) is 2. The Morgan fingerprint density at radius 3 is 2.72 bits per heavy atom. The third-order valence-corrected chi connectivity index (χ3v) is 6.15. The Morgan fingerprint density at radius 2 is 2.08 bits per heavy atom. The van der Waals surface area contributed by atoms with Crippen LogP contribution in [0.25, 0.3) is 0 Å². The molecule has 1 saturated heterocycles. The van der Waals surface area contributed by atoms with Gasteiger partial charge in [-0.3, -0.25) is 9.59 Å². The van der Waals surface area contributed by atoms with Crippen molar-refractivity contribution in [2.45, 2.75) is 38.9 Å². The molecule has 0 saturated carbocycles. The number of aliphatic imine (C=N–C) groups is 1. The lowest BCUT2D eigenvalue weighted by Gasteiger charge is -2.38. The van der Waals surface area contributed by atoms with Gasteiger partial charge in [0.1, 0.15) is 5.84 Å². The van der Waals surface area contributed by atoms with Gasteiger partial charge in [0.05, 0.1) is 17.3 Å². The van der Waals surface area contributed by atoms with Gasteiger partial charge in [-0.15, -0.1) is 0 Å².